The molecule has 1 atom stereocenters. The van der Waals surface area contributed by atoms with Crippen LogP contribution in [-0.4, -0.2) is 44.4 Å². The van der Waals surface area contributed by atoms with E-state index in [0.717, 1.165) is 11.3 Å². The number of nitrogens with zero attached hydrogens (tertiary/aromatic N) is 1. The summed E-state index contributed by atoms with van der Waals surface area (Å²) in [5, 5.41) is -0.123. The van der Waals surface area contributed by atoms with E-state index in [1.807, 2.05) is 35.2 Å². The van der Waals surface area contributed by atoms with Crippen molar-refractivity contribution < 1.29 is 19.0 Å². The van der Waals surface area contributed by atoms with Gasteiger partial charge in [0.2, 0.25) is 0 Å². The molecule has 132 valence electrons. The molecule has 5 nitrogen and oxygen atoms in total. The summed E-state index contributed by atoms with van der Waals surface area (Å²) < 4.78 is 16.3. The predicted molar refractivity (Wildman–Crippen MR) is 98.8 cm³/mol. The van der Waals surface area contributed by atoms with Crippen molar-refractivity contribution in [3.8, 4) is 17.2 Å². The zero-order valence-corrected chi connectivity index (χ0v) is 15.3. The van der Waals surface area contributed by atoms with Crippen molar-refractivity contribution >= 4 is 17.7 Å². The highest BCUT2D eigenvalue weighted by molar-refractivity contribution is 7.99. The van der Waals surface area contributed by atoms with Gasteiger partial charge in [0.1, 0.15) is 11.1 Å². The van der Waals surface area contributed by atoms with Gasteiger partial charge in [0, 0.05) is 17.9 Å². The molecule has 3 rings (SSSR count). The zero-order valence-electron chi connectivity index (χ0n) is 14.5. The number of hydrogen-bond acceptors (Lipinski definition) is 5. The highest BCUT2D eigenvalue weighted by Crippen LogP contribution is 2.45. The number of para-hydroxylation sites is 2. The molecule has 1 fully saturated rings. The molecule has 0 aromatic heterocycles. The van der Waals surface area contributed by atoms with Crippen LogP contribution in [0.5, 0.6) is 17.2 Å². The lowest BCUT2D eigenvalue weighted by molar-refractivity contribution is 0.0755. The maximum absolute atomic E-state index is 13.1. The normalized spacial score (nSPS) is 16.6. The van der Waals surface area contributed by atoms with Gasteiger partial charge in [-0.05, 0) is 18.2 Å². The molecule has 25 heavy (non-hydrogen) atoms. The smallest absolute Gasteiger partial charge is 0.258 e. The van der Waals surface area contributed by atoms with Gasteiger partial charge >= 0.3 is 0 Å². The van der Waals surface area contributed by atoms with Gasteiger partial charge in [0.25, 0.3) is 5.91 Å². The van der Waals surface area contributed by atoms with Gasteiger partial charge < -0.3 is 19.1 Å². The van der Waals surface area contributed by atoms with Crippen molar-refractivity contribution in [2.45, 2.75) is 5.37 Å². The Bertz CT molecular complexity index is 765. The molecular formula is C19H21NO4S. The molecule has 6 heteroatoms. The molecule has 2 aromatic carbocycles. The summed E-state index contributed by atoms with van der Waals surface area (Å²) in [6.07, 6.45) is 0. The molecule has 0 saturated carbocycles. The molecule has 1 aliphatic rings. The van der Waals surface area contributed by atoms with Gasteiger partial charge in [0.15, 0.2) is 11.5 Å². The summed E-state index contributed by atoms with van der Waals surface area (Å²) in [5.41, 5.74) is 1.51. The molecular weight excluding hydrogens is 338 g/mol. The molecule has 2 aromatic rings. The minimum absolute atomic E-state index is 0.0441. The highest BCUT2D eigenvalue weighted by Gasteiger charge is 2.34. The maximum Gasteiger partial charge on any atom is 0.258 e. The number of thioether (sulfide) groups is 1. The monoisotopic (exact) mass is 359 g/mol. The van der Waals surface area contributed by atoms with Gasteiger partial charge in [-0.3, -0.25) is 4.79 Å². The van der Waals surface area contributed by atoms with E-state index in [4.69, 9.17) is 14.2 Å². The van der Waals surface area contributed by atoms with E-state index in [9.17, 15) is 4.79 Å². The first-order chi connectivity index (χ1) is 12.2. The third-order valence-corrected chi connectivity index (χ3v) is 5.43. The molecule has 0 radical (unpaired) electrons. The number of hydrogen-bond donors (Lipinski definition) is 0. The zero-order chi connectivity index (χ0) is 17.8. The molecule has 1 heterocycles. The Balaban J connectivity index is 1.97. The number of methoxy groups -OCH3 is 3. The van der Waals surface area contributed by atoms with Crippen LogP contribution in [0.1, 0.15) is 21.3 Å². The standard InChI is InChI=1S/C19H21NO4S/c1-22-15-9-5-4-7-13(15)18(21)20-11-12-25-19(20)14-8-6-10-16(23-2)17(14)24-3/h4-10,19H,11-12H2,1-3H3. The molecule has 1 aliphatic heterocycles. The van der Waals surface area contributed by atoms with Crippen LogP contribution in [-0.2, 0) is 0 Å². The SMILES string of the molecule is COc1ccccc1C(=O)N1CCSC1c1cccc(OC)c1OC. The fraction of sp³-hybridized carbons (Fsp3) is 0.316. The first-order valence-corrected chi connectivity index (χ1v) is 9.02. The van der Waals surface area contributed by atoms with Crippen molar-refractivity contribution in [2.24, 2.45) is 0 Å². The second-order valence-corrected chi connectivity index (χ2v) is 6.69. The van der Waals surface area contributed by atoms with E-state index >= 15 is 0 Å². The molecule has 0 N–H and O–H groups in total. The number of rotatable bonds is 5. The van der Waals surface area contributed by atoms with Crippen LogP contribution in [0.3, 0.4) is 0 Å². The Labute approximate surface area is 151 Å². The fourth-order valence-corrected chi connectivity index (χ4v) is 4.29. The van der Waals surface area contributed by atoms with Crippen LogP contribution >= 0.6 is 11.8 Å². The van der Waals surface area contributed by atoms with Gasteiger partial charge in [-0.25, -0.2) is 0 Å². The van der Waals surface area contributed by atoms with Crippen molar-refractivity contribution in [1.29, 1.82) is 0 Å². The van der Waals surface area contributed by atoms with Crippen LogP contribution in [0, 0.1) is 0 Å². The third kappa shape index (κ3) is 3.26. The van der Waals surface area contributed by atoms with Crippen molar-refractivity contribution in [3.63, 3.8) is 0 Å². The van der Waals surface area contributed by atoms with Crippen molar-refractivity contribution in [1.82, 2.24) is 4.90 Å². The van der Waals surface area contributed by atoms with Crippen molar-refractivity contribution in [2.75, 3.05) is 33.6 Å². The van der Waals surface area contributed by atoms with Crippen LogP contribution in [0.2, 0.25) is 0 Å². The second kappa shape index (κ2) is 7.70. The van der Waals surface area contributed by atoms with Gasteiger partial charge in [-0.15, -0.1) is 11.8 Å². The minimum Gasteiger partial charge on any atom is -0.496 e. The molecule has 1 unspecified atom stereocenters. The predicted octanol–water partition coefficient (Wildman–Crippen LogP) is 3.60. The van der Waals surface area contributed by atoms with Crippen LogP contribution in [0.4, 0.5) is 0 Å². The van der Waals surface area contributed by atoms with Crippen LogP contribution in [0.15, 0.2) is 42.5 Å². The Morgan fingerprint density at radius 2 is 1.72 bits per heavy atom. The maximum atomic E-state index is 13.1. The lowest BCUT2D eigenvalue weighted by Crippen LogP contribution is -2.31. The van der Waals surface area contributed by atoms with E-state index < -0.39 is 0 Å². The van der Waals surface area contributed by atoms with Crippen LogP contribution in [0.25, 0.3) is 0 Å². The van der Waals surface area contributed by atoms with E-state index in [1.165, 1.54) is 0 Å². The quantitative estimate of drug-likeness (QED) is 0.816. The number of carbonyl (C=O) groups excluding carboxylic acids is 1. The molecule has 0 spiro atoms. The Morgan fingerprint density at radius 3 is 2.44 bits per heavy atom. The van der Waals surface area contributed by atoms with Gasteiger partial charge in [-0.2, -0.15) is 0 Å². The summed E-state index contributed by atoms with van der Waals surface area (Å²) in [6, 6.07) is 13.1. The largest absolute Gasteiger partial charge is 0.496 e. The summed E-state index contributed by atoms with van der Waals surface area (Å²) in [4.78, 5) is 15.0. The first kappa shape index (κ1) is 17.5. The molecule has 1 amide bonds. The summed E-state index contributed by atoms with van der Waals surface area (Å²) >= 11 is 1.72. The first-order valence-electron chi connectivity index (χ1n) is 7.97. The second-order valence-electron chi connectivity index (χ2n) is 5.50. The fourth-order valence-electron chi connectivity index (χ4n) is 3.02. The average molecular weight is 359 g/mol. The third-order valence-electron chi connectivity index (χ3n) is 4.19. The molecule has 1 saturated heterocycles. The van der Waals surface area contributed by atoms with E-state index in [1.54, 1.807) is 45.2 Å². The average Bonchev–Trinajstić information content (AvgIpc) is 3.16. The number of carbonyl (C=O) groups is 1. The molecule has 0 bridgehead atoms. The number of ether oxygens (including phenoxy) is 3. The van der Waals surface area contributed by atoms with E-state index in [-0.39, 0.29) is 11.3 Å². The summed E-state index contributed by atoms with van der Waals surface area (Å²) in [6.45, 7) is 0.673. The number of amides is 1. The lowest BCUT2D eigenvalue weighted by Gasteiger charge is -2.26. The summed E-state index contributed by atoms with van der Waals surface area (Å²) in [5.74, 6) is 2.74. The minimum atomic E-state index is -0.123. The van der Waals surface area contributed by atoms with Crippen molar-refractivity contribution in [3.05, 3.63) is 53.6 Å². The van der Waals surface area contributed by atoms with Crippen LogP contribution < -0.4 is 14.2 Å². The highest BCUT2D eigenvalue weighted by atomic mass is 32.2. The molecule has 0 aliphatic carbocycles. The van der Waals surface area contributed by atoms with E-state index in [2.05, 4.69) is 0 Å². The Hall–Kier alpha value is -2.34. The van der Waals surface area contributed by atoms with E-state index in [0.29, 0.717) is 29.4 Å². The number of benzene rings is 2. The van der Waals surface area contributed by atoms with Gasteiger partial charge in [-0.1, -0.05) is 24.3 Å². The van der Waals surface area contributed by atoms with Gasteiger partial charge in [0.05, 0.1) is 26.9 Å². The Morgan fingerprint density at radius 1 is 1.00 bits per heavy atom. The topological polar surface area (TPSA) is 48.0 Å². The lowest BCUT2D eigenvalue weighted by atomic mass is 10.1. The Kier molecular flexibility index (Phi) is 5.38. The summed E-state index contributed by atoms with van der Waals surface area (Å²) in [7, 11) is 4.81.